The molecule has 0 saturated carbocycles. The minimum atomic E-state index is -0.268. The van der Waals surface area contributed by atoms with Gasteiger partial charge in [-0.1, -0.05) is 24.3 Å². The Morgan fingerprint density at radius 1 is 0.895 bits per heavy atom. The van der Waals surface area contributed by atoms with Gasteiger partial charge in [-0.15, -0.1) is 0 Å². The first-order chi connectivity index (χ1) is 9.11. The van der Waals surface area contributed by atoms with Crippen LogP contribution in [0, 0.1) is 6.92 Å². The van der Waals surface area contributed by atoms with Gasteiger partial charge in [-0.2, -0.15) is 0 Å². The van der Waals surface area contributed by atoms with Gasteiger partial charge >= 0.3 is 0 Å². The molecule has 3 nitrogen and oxygen atoms in total. The maximum absolute atomic E-state index is 12.4. The van der Waals surface area contributed by atoms with Crippen molar-refractivity contribution in [2.75, 3.05) is 4.90 Å². The molecule has 1 aliphatic heterocycles. The van der Waals surface area contributed by atoms with Crippen LogP contribution in [0.15, 0.2) is 46.9 Å². The third-order valence-electron chi connectivity index (χ3n) is 3.21. The summed E-state index contributed by atoms with van der Waals surface area (Å²) in [6.45, 7) is 1.88. The second kappa shape index (κ2) is 4.31. The van der Waals surface area contributed by atoms with E-state index in [-0.39, 0.29) is 11.8 Å². The van der Waals surface area contributed by atoms with Crippen LogP contribution in [0.4, 0.5) is 5.69 Å². The summed E-state index contributed by atoms with van der Waals surface area (Å²) >= 11 is 3.41. The summed E-state index contributed by atoms with van der Waals surface area (Å²) in [5, 5.41) is 0. The van der Waals surface area contributed by atoms with Crippen LogP contribution in [0.25, 0.3) is 0 Å². The van der Waals surface area contributed by atoms with Gasteiger partial charge in [0.05, 0.1) is 16.8 Å². The minimum Gasteiger partial charge on any atom is -0.268 e. The molecule has 2 aromatic carbocycles. The average Bonchev–Trinajstić information content (AvgIpc) is 2.64. The first-order valence-electron chi connectivity index (χ1n) is 5.84. The average molecular weight is 316 g/mol. The number of imide groups is 1. The Labute approximate surface area is 119 Å². The van der Waals surface area contributed by atoms with Gasteiger partial charge in [-0.05, 0) is 46.6 Å². The van der Waals surface area contributed by atoms with Crippen molar-refractivity contribution in [2.45, 2.75) is 6.92 Å². The summed E-state index contributed by atoms with van der Waals surface area (Å²) in [5.41, 5.74) is 2.42. The molecule has 0 atom stereocenters. The largest absolute Gasteiger partial charge is 0.268 e. The second-order valence-corrected chi connectivity index (χ2v) is 5.25. The lowest BCUT2D eigenvalue weighted by atomic mass is 10.1. The number of para-hydroxylation sites is 1. The van der Waals surface area contributed by atoms with Gasteiger partial charge in [-0.3, -0.25) is 9.59 Å². The van der Waals surface area contributed by atoms with Gasteiger partial charge in [-0.25, -0.2) is 4.90 Å². The Morgan fingerprint density at radius 2 is 1.47 bits per heavy atom. The molecule has 0 aliphatic carbocycles. The molecule has 0 saturated heterocycles. The molecule has 0 spiro atoms. The molecule has 0 radical (unpaired) electrons. The van der Waals surface area contributed by atoms with Gasteiger partial charge in [0.15, 0.2) is 0 Å². The number of rotatable bonds is 1. The zero-order valence-corrected chi connectivity index (χ0v) is 11.8. The standard InChI is InChI=1S/C15H10BrNO2/c1-9-5-4-8-12(16)13(9)17-14(18)10-6-2-3-7-11(10)15(17)19/h2-8H,1H3. The van der Waals surface area contributed by atoms with Crippen LogP contribution in [0.5, 0.6) is 0 Å². The smallest absolute Gasteiger partial charge is 0.266 e. The van der Waals surface area contributed by atoms with Crippen LogP contribution in [0.3, 0.4) is 0 Å². The van der Waals surface area contributed by atoms with Crippen molar-refractivity contribution >= 4 is 33.4 Å². The molecule has 0 N–H and O–H groups in total. The Kier molecular flexibility index (Phi) is 2.75. The van der Waals surface area contributed by atoms with Crippen LogP contribution in [-0.4, -0.2) is 11.8 Å². The molecule has 1 heterocycles. The quantitative estimate of drug-likeness (QED) is 0.755. The lowest BCUT2D eigenvalue weighted by Gasteiger charge is -2.18. The second-order valence-electron chi connectivity index (χ2n) is 4.40. The number of aryl methyl sites for hydroxylation is 1. The topological polar surface area (TPSA) is 37.4 Å². The number of carbonyl (C=O) groups is 2. The monoisotopic (exact) mass is 315 g/mol. The minimum absolute atomic E-state index is 0.268. The van der Waals surface area contributed by atoms with Gasteiger partial charge in [0, 0.05) is 4.47 Å². The highest BCUT2D eigenvalue weighted by atomic mass is 79.9. The number of halogens is 1. The zero-order valence-electron chi connectivity index (χ0n) is 10.2. The molecule has 94 valence electrons. The fourth-order valence-corrected chi connectivity index (χ4v) is 2.94. The van der Waals surface area contributed by atoms with E-state index in [4.69, 9.17) is 0 Å². The predicted molar refractivity (Wildman–Crippen MR) is 76.5 cm³/mol. The Morgan fingerprint density at radius 3 is 2.00 bits per heavy atom. The number of hydrogen-bond acceptors (Lipinski definition) is 2. The molecule has 2 aromatic rings. The lowest BCUT2D eigenvalue weighted by Crippen LogP contribution is -2.30. The SMILES string of the molecule is Cc1cccc(Br)c1N1C(=O)c2ccccc2C1=O. The van der Waals surface area contributed by atoms with Crippen molar-refractivity contribution in [3.63, 3.8) is 0 Å². The zero-order chi connectivity index (χ0) is 13.6. The maximum Gasteiger partial charge on any atom is 0.266 e. The number of fused-ring (bicyclic) bond motifs is 1. The van der Waals surface area contributed by atoms with E-state index in [1.165, 1.54) is 4.90 Å². The van der Waals surface area contributed by atoms with Gasteiger partial charge in [0.25, 0.3) is 11.8 Å². The van der Waals surface area contributed by atoms with E-state index in [2.05, 4.69) is 15.9 Å². The highest BCUT2D eigenvalue weighted by Gasteiger charge is 2.37. The Bertz CT molecular complexity index is 654. The third kappa shape index (κ3) is 1.71. The molecule has 1 aliphatic rings. The predicted octanol–water partition coefficient (Wildman–Crippen LogP) is 3.56. The normalized spacial score (nSPS) is 13.9. The summed E-state index contributed by atoms with van der Waals surface area (Å²) in [7, 11) is 0. The van der Waals surface area contributed by atoms with Crippen LogP contribution in [-0.2, 0) is 0 Å². The van der Waals surface area contributed by atoms with Crippen molar-refractivity contribution < 1.29 is 9.59 Å². The number of nitrogens with zero attached hydrogens (tertiary/aromatic N) is 1. The van der Waals surface area contributed by atoms with Crippen molar-refractivity contribution in [3.8, 4) is 0 Å². The van der Waals surface area contributed by atoms with Gasteiger partial charge in [0.1, 0.15) is 0 Å². The fourth-order valence-electron chi connectivity index (χ4n) is 2.30. The molecule has 0 aromatic heterocycles. The van der Waals surface area contributed by atoms with Crippen LogP contribution in [0.1, 0.15) is 26.3 Å². The van der Waals surface area contributed by atoms with E-state index in [1.54, 1.807) is 24.3 Å². The molecule has 0 unspecified atom stereocenters. The van der Waals surface area contributed by atoms with E-state index in [9.17, 15) is 9.59 Å². The first kappa shape index (κ1) is 12.1. The van der Waals surface area contributed by atoms with Crippen molar-refractivity contribution in [3.05, 3.63) is 63.6 Å². The molecule has 4 heteroatoms. The summed E-state index contributed by atoms with van der Waals surface area (Å²) in [4.78, 5) is 26.0. The number of hydrogen-bond donors (Lipinski definition) is 0. The van der Waals surface area contributed by atoms with E-state index in [0.29, 0.717) is 16.8 Å². The van der Waals surface area contributed by atoms with Crippen molar-refractivity contribution in [1.29, 1.82) is 0 Å². The Hall–Kier alpha value is -1.94. The van der Waals surface area contributed by atoms with E-state index in [1.807, 2.05) is 25.1 Å². The van der Waals surface area contributed by atoms with E-state index in [0.717, 1.165) is 10.0 Å². The number of benzene rings is 2. The van der Waals surface area contributed by atoms with E-state index >= 15 is 0 Å². The van der Waals surface area contributed by atoms with Crippen LogP contribution >= 0.6 is 15.9 Å². The highest BCUT2D eigenvalue weighted by Crippen LogP contribution is 2.35. The van der Waals surface area contributed by atoms with Crippen LogP contribution < -0.4 is 4.90 Å². The Balaban J connectivity index is 2.20. The lowest BCUT2D eigenvalue weighted by molar-refractivity contribution is 0.0925. The number of carbonyl (C=O) groups excluding carboxylic acids is 2. The molecule has 0 bridgehead atoms. The first-order valence-corrected chi connectivity index (χ1v) is 6.63. The summed E-state index contributed by atoms with van der Waals surface area (Å²) in [6.07, 6.45) is 0. The number of anilines is 1. The van der Waals surface area contributed by atoms with Crippen molar-refractivity contribution in [1.82, 2.24) is 0 Å². The third-order valence-corrected chi connectivity index (χ3v) is 3.85. The summed E-state index contributed by atoms with van der Waals surface area (Å²) < 4.78 is 0.738. The number of amides is 2. The molecular weight excluding hydrogens is 306 g/mol. The molecule has 2 amide bonds. The highest BCUT2D eigenvalue weighted by molar-refractivity contribution is 9.10. The van der Waals surface area contributed by atoms with E-state index < -0.39 is 0 Å². The summed E-state index contributed by atoms with van der Waals surface area (Å²) in [6, 6.07) is 12.5. The van der Waals surface area contributed by atoms with Gasteiger partial charge < -0.3 is 0 Å². The van der Waals surface area contributed by atoms with Crippen LogP contribution in [0.2, 0.25) is 0 Å². The molecule has 3 rings (SSSR count). The summed E-state index contributed by atoms with van der Waals surface area (Å²) in [5.74, 6) is -0.536. The molecule has 0 fully saturated rings. The molecular formula is C15H10BrNO2. The maximum atomic E-state index is 12.4. The molecule has 19 heavy (non-hydrogen) atoms. The van der Waals surface area contributed by atoms with Gasteiger partial charge in [0.2, 0.25) is 0 Å². The fraction of sp³-hybridized carbons (Fsp3) is 0.0667. The van der Waals surface area contributed by atoms with Crippen molar-refractivity contribution in [2.24, 2.45) is 0 Å².